The van der Waals surface area contributed by atoms with Gasteiger partial charge in [-0.05, 0) is 65.1 Å². The van der Waals surface area contributed by atoms with Crippen molar-refractivity contribution in [3.05, 3.63) is 22.3 Å². The molecule has 3 heteroatoms. The van der Waals surface area contributed by atoms with E-state index in [4.69, 9.17) is 0 Å². The number of nitrogens with one attached hydrogen (secondary N) is 1. The second kappa shape index (κ2) is 5.08. The minimum Gasteiger partial charge on any atom is -0.367 e. The van der Waals surface area contributed by atoms with Gasteiger partial charge in [-0.1, -0.05) is 27.7 Å². The standard InChI is InChI=1S/C16H25BrN2/c1-11-13(17)6-7-14(18-11)19-12-8-15(2,3)10-16(4,5)9-12/h6-7,12H,8-10H2,1-5H3,(H,18,19). The van der Waals surface area contributed by atoms with Crippen LogP contribution in [-0.2, 0) is 0 Å². The molecule has 0 atom stereocenters. The quantitative estimate of drug-likeness (QED) is 0.811. The van der Waals surface area contributed by atoms with Gasteiger partial charge in [-0.15, -0.1) is 0 Å². The Labute approximate surface area is 125 Å². The number of rotatable bonds is 2. The fourth-order valence-corrected chi connectivity index (χ4v) is 4.00. The fraction of sp³-hybridized carbons (Fsp3) is 0.688. The van der Waals surface area contributed by atoms with Crippen LogP contribution in [0.15, 0.2) is 16.6 Å². The molecule has 1 N–H and O–H groups in total. The summed E-state index contributed by atoms with van der Waals surface area (Å²) >= 11 is 3.50. The van der Waals surface area contributed by atoms with Crippen molar-refractivity contribution >= 4 is 21.7 Å². The van der Waals surface area contributed by atoms with Crippen molar-refractivity contribution in [3.8, 4) is 0 Å². The van der Waals surface area contributed by atoms with E-state index in [1.165, 1.54) is 19.3 Å². The number of pyridine rings is 1. The first-order valence-corrected chi connectivity index (χ1v) is 7.86. The number of hydrogen-bond donors (Lipinski definition) is 1. The first kappa shape index (κ1) is 14.8. The fourth-order valence-electron chi connectivity index (χ4n) is 3.78. The lowest BCUT2D eigenvalue weighted by molar-refractivity contribution is 0.105. The number of aromatic nitrogens is 1. The molecule has 1 saturated carbocycles. The maximum atomic E-state index is 4.60. The lowest BCUT2D eigenvalue weighted by atomic mass is 9.63. The molecule has 0 unspecified atom stereocenters. The van der Waals surface area contributed by atoms with Crippen LogP contribution in [-0.4, -0.2) is 11.0 Å². The largest absolute Gasteiger partial charge is 0.367 e. The molecule has 1 aliphatic rings. The third-order valence-electron chi connectivity index (χ3n) is 3.93. The van der Waals surface area contributed by atoms with Gasteiger partial charge < -0.3 is 5.32 Å². The zero-order chi connectivity index (χ0) is 14.3. The molecule has 0 spiro atoms. The Balaban J connectivity index is 2.11. The summed E-state index contributed by atoms with van der Waals surface area (Å²) in [7, 11) is 0. The number of hydrogen-bond acceptors (Lipinski definition) is 2. The number of nitrogens with zero attached hydrogens (tertiary/aromatic N) is 1. The lowest BCUT2D eigenvalue weighted by Crippen LogP contribution is -2.40. The monoisotopic (exact) mass is 324 g/mol. The molecule has 1 aromatic rings. The number of anilines is 1. The first-order chi connectivity index (χ1) is 8.67. The van der Waals surface area contributed by atoms with Crippen LogP contribution in [0.3, 0.4) is 0 Å². The Kier molecular flexibility index (Phi) is 3.97. The Morgan fingerprint density at radius 2 is 1.74 bits per heavy atom. The van der Waals surface area contributed by atoms with Crippen molar-refractivity contribution in [1.82, 2.24) is 4.98 Å². The van der Waals surface area contributed by atoms with E-state index < -0.39 is 0 Å². The van der Waals surface area contributed by atoms with Crippen molar-refractivity contribution in [2.45, 2.75) is 59.9 Å². The molecule has 0 saturated heterocycles. The highest BCUT2D eigenvalue weighted by Crippen LogP contribution is 2.46. The first-order valence-electron chi connectivity index (χ1n) is 7.07. The summed E-state index contributed by atoms with van der Waals surface area (Å²) in [6, 6.07) is 4.65. The van der Waals surface area contributed by atoms with Gasteiger partial charge in [0, 0.05) is 10.5 Å². The van der Waals surface area contributed by atoms with E-state index in [2.05, 4.69) is 66.1 Å². The minimum absolute atomic E-state index is 0.407. The molecule has 0 bridgehead atoms. The molecule has 1 aromatic heterocycles. The Bertz CT molecular complexity index is 450. The van der Waals surface area contributed by atoms with Gasteiger partial charge in [-0.2, -0.15) is 0 Å². The summed E-state index contributed by atoms with van der Waals surface area (Å²) in [6.45, 7) is 11.5. The van der Waals surface area contributed by atoms with E-state index in [1.54, 1.807) is 0 Å². The van der Waals surface area contributed by atoms with Crippen molar-refractivity contribution in [2.24, 2.45) is 10.8 Å². The minimum atomic E-state index is 0.407. The molecule has 0 amide bonds. The van der Waals surface area contributed by atoms with Crippen LogP contribution in [0.4, 0.5) is 5.82 Å². The van der Waals surface area contributed by atoms with Crippen LogP contribution in [0.25, 0.3) is 0 Å². The van der Waals surface area contributed by atoms with Crippen molar-refractivity contribution in [1.29, 1.82) is 0 Å². The van der Waals surface area contributed by atoms with Crippen LogP contribution in [0.5, 0.6) is 0 Å². The average Bonchev–Trinajstić information content (AvgIpc) is 2.18. The van der Waals surface area contributed by atoms with Crippen LogP contribution in [0.1, 0.15) is 52.7 Å². The molecule has 106 valence electrons. The highest BCUT2D eigenvalue weighted by Gasteiger charge is 2.38. The van der Waals surface area contributed by atoms with E-state index >= 15 is 0 Å². The number of halogens is 1. The molecule has 0 aliphatic heterocycles. The van der Waals surface area contributed by atoms with Crippen molar-refractivity contribution in [3.63, 3.8) is 0 Å². The average molecular weight is 325 g/mol. The van der Waals surface area contributed by atoms with Crippen LogP contribution >= 0.6 is 15.9 Å². The molecule has 1 aliphatic carbocycles. The van der Waals surface area contributed by atoms with Gasteiger partial charge in [-0.25, -0.2) is 4.98 Å². The SMILES string of the molecule is Cc1nc(NC2CC(C)(C)CC(C)(C)C2)ccc1Br. The molecule has 2 nitrogen and oxygen atoms in total. The van der Waals surface area contributed by atoms with Gasteiger partial charge in [0.05, 0.1) is 5.69 Å². The second-order valence-corrected chi connectivity index (χ2v) is 8.37. The van der Waals surface area contributed by atoms with Gasteiger partial charge in [0.15, 0.2) is 0 Å². The van der Waals surface area contributed by atoms with Crippen molar-refractivity contribution < 1.29 is 0 Å². The summed E-state index contributed by atoms with van der Waals surface area (Å²) < 4.78 is 1.07. The third kappa shape index (κ3) is 3.95. The van der Waals surface area contributed by atoms with E-state index in [9.17, 15) is 0 Å². The van der Waals surface area contributed by atoms with Crippen molar-refractivity contribution in [2.75, 3.05) is 5.32 Å². The zero-order valence-electron chi connectivity index (χ0n) is 12.7. The normalized spacial score (nSPS) is 22.2. The summed E-state index contributed by atoms with van der Waals surface area (Å²) in [5.74, 6) is 0.999. The maximum absolute atomic E-state index is 4.60. The van der Waals surface area contributed by atoms with Crippen LogP contribution < -0.4 is 5.32 Å². The topological polar surface area (TPSA) is 24.9 Å². The summed E-state index contributed by atoms with van der Waals surface area (Å²) in [5.41, 5.74) is 1.85. The smallest absolute Gasteiger partial charge is 0.126 e. The predicted molar refractivity (Wildman–Crippen MR) is 85.5 cm³/mol. The van der Waals surface area contributed by atoms with Crippen LogP contribution in [0.2, 0.25) is 0 Å². The molecule has 1 heterocycles. The summed E-state index contributed by atoms with van der Waals surface area (Å²) in [6.07, 6.45) is 3.73. The molecule has 0 radical (unpaired) electrons. The molecule has 1 fully saturated rings. The van der Waals surface area contributed by atoms with E-state index in [1.807, 2.05) is 6.92 Å². The highest BCUT2D eigenvalue weighted by atomic mass is 79.9. The molecule has 2 rings (SSSR count). The van der Waals surface area contributed by atoms with Gasteiger partial charge in [0.2, 0.25) is 0 Å². The molecule has 0 aromatic carbocycles. The van der Waals surface area contributed by atoms with E-state index in [-0.39, 0.29) is 0 Å². The van der Waals surface area contributed by atoms with E-state index in [0.717, 1.165) is 16.0 Å². The Morgan fingerprint density at radius 3 is 2.26 bits per heavy atom. The maximum Gasteiger partial charge on any atom is 0.126 e. The summed E-state index contributed by atoms with van der Waals surface area (Å²) in [4.78, 5) is 4.60. The van der Waals surface area contributed by atoms with E-state index in [0.29, 0.717) is 16.9 Å². The van der Waals surface area contributed by atoms with Gasteiger partial charge >= 0.3 is 0 Å². The second-order valence-electron chi connectivity index (χ2n) is 7.52. The van der Waals surface area contributed by atoms with Gasteiger partial charge in [-0.3, -0.25) is 0 Å². The van der Waals surface area contributed by atoms with Crippen LogP contribution in [0, 0.1) is 17.8 Å². The summed E-state index contributed by atoms with van der Waals surface area (Å²) in [5, 5.41) is 3.63. The molecular weight excluding hydrogens is 300 g/mol. The predicted octanol–water partition coefficient (Wildman–Crippen LogP) is 5.17. The third-order valence-corrected chi connectivity index (χ3v) is 4.77. The number of aryl methyl sites for hydroxylation is 1. The van der Waals surface area contributed by atoms with Gasteiger partial charge in [0.1, 0.15) is 5.82 Å². The lowest BCUT2D eigenvalue weighted by Gasteiger charge is -2.45. The van der Waals surface area contributed by atoms with Gasteiger partial charge in [0.25, 0.3) is 0 Å². The molecule has 19 heavy (non-hydrogen) atoms. The Hall–Kier alpha value is -0.570. The Morgan fingerprint density at radius 1 is 1.16 bits per heavy atom. The highest BCUT2D eigenvalue weighted by molar-refractivity contribution is 9.10. The zero-order valence-corrected chi connectivity index (χ0v) is 14.3. The molecular formula is C16H25BrN2.